The largest absolute Gasteiger partial charge is 0.454 e. The minimum atomic E-state index is -0.646. The lowest BCUT2D eigenvalue weighted by molar-refractivity contribution is -0.147. The predicted octanol–water partition coefficient (Wildman–Crippen LogP) is 2.20. The first-order valence-electron chi connectivity index (χ1n) is 8.59. The lowest BCUT2D eigenvalue weighted by Gasteiger charge is -2.08. The van der Waals surface area contributed by atoms with Crippen LogP contribution in [0.25, 0.3) is 5.69 Å². The minimum absolute atomic E-state index is 0.217. The van der Waals surface area contributed by atoms with E-state index in [1.54, 1.807) is 23.9 Å². The van der Waals surface area contributed by atoms with Gasteiger partial charge in [-0.25, -0.2) is 4.68 Å². The molecule has 28 heavy (non-hydrogen) atoms. The Morgan fingerprint density at radius 3 is 2.54 bits per heavy atom. The zero-order valence-corrected chi connectivity index (χ0v) is 16.6. The van der Waals surface area contributed by atoms with Crippen LogP contribution in [-0.4, -0.2) is 32.8 Å². The lowest BCUT2D eigenvalue weighted by atomic mass is 10.3. The van der Waals surface area contributed by atoms with Crippen molar-refractivity contribution in [2.24, 2.45) is 0 Å². The molecule has 3 rings (SSSR count). The zero-order chi connectivity index (χ0) is 20.3. The molecule has 0 saturated heterocycles. The number of nitrogens with zero attached hydrogens (tertiary/aromatic N) is 3. The van der Waals surface area contributed by atoms with Crippen LogP contribution in [0.15, 0.2) is 40.5 Å². The van der Waals surface area contributed by atoms with E-state index < -0.39 is 18.5 Å². The summed E-state index contributed by atoms with van der Waals surface area (Å²) in [5.74, 6) is -1.12. The fraction of sp³-hybridized carbons (Fsp3) is 0.263. The van der Waals surface area contributed by atoms with Crippen molar-refractivity contribution in [2.75, 3.05) is 11.9 Å². The average molecular weight is 400 g/mol. The van der Waals surface area contributed by atoms with Gasteiger partial charge in [-0.2, -0.15) is 5.10 Å². The Morgan fingerprint density at radius 2 is 1.89 bits per heavy atom. The van der Waals surface area contributed by atoms with E-state index in [9.17, 15) is 14.4 Å². The number of hydrogen-bond acceptors (Lipinski definition) is 6. The number of carbonyl (C=O) groups excluding carboxylic acids is 2. The molecular weight excluding hydrogens is 380 g/mol. The molecule has 1 N–H and O–H groups in total. The number of aromatic nitrogens is 3. The number of benzene rings is 1. The van der Waals surface area contributed by atoms with Crippen molar-refractivity contribution < 1.29 is 14.3 Å². The summed E-state index contributed by atoms with van der Waals surface area (Å²) in [6, 6.07) is 9.56. The smallest absolute Gasteiger partial charge is 0.326 e. The van der Waals surface area contributed by atoms with Crippen molar-refractivity contribution in [2.45, 2.75) is 27.3 Å². The summed E-state index contributed by atoms with van der Waals surface area (Å²) in [7, 11) is 0. The molecule has 2 aromatic heterocycles. The van der Waals surface area contributed by atoms with Crippen LogP contribution in [0, 0.1) is 20.8 Å². The molecule has 0 aliphatic heterocycles. The van der Waals surface area contributed by atoms with E-state index in [1.807, 2.05) is 37.3 Å². The van der Waals surface area contributed by atoms with Crippen LogP contribution < -0.4 is 10.2 Å². The van der Waals surface area contributed by atoms with Gasteiger partial charge in [0.15, 0.2) is 6.61 Å². The number of rotatable bonds is 6. The second-order valence-electron chi connectivity index (χ2n) is 6.23. The van der Waals surface area contributed by atoms with Crippen molar-refractivity contribution >= 4 is 28.9 Å². The summed E-state index contributed by atoms with van der Waals surface area (Å²) in [6.45, 7) is 4.71. The van der Waals surface area contributed by atoms with Gasteiger partial charge in [0.05, 0.1) is 22.8 Å². The molecule has 0 saturated carbocycles. The second kappa shape index (κ2) is 8.22. The van der Waals surface area contributed by atoms with Crippen LogP contribution >= 0.6 is 11.3 Å². The molecule has 0 radical (unpaired) electrons. The molecule has 9 heteroatoms. The van der Waals surface area contributed by atoms with E-state index in [0.29, 0.717) is 17.1 Å². The van der Waals surface area contributed by atoms with E-state index in [1.165, 1.54) is 4.57 Å². The quantitative estimate of drug-likeness (QED) is 0.640. The van der Waals surface area contributed by atoms with Crippen LogP contribution in [0.5, 0.6) is 0 Å². The van der Waals surface area contributed by atoms with Gasteiger partial charge in [-0.3, -0.25) is 19.0 Å². The molecule has 1 amide bonds. The summed E-state index contributed by atoms with van der Waals surface area (Å²) >= 11 is 1.01. The van der Waals surface area contributed by atoms with Gasteiger partial charge < -0.3 is 10.1 Å². The third kappa shape index (κ3) is 4.20. The lowest BCUT2D eigenvalue weighted by Crippen LogP contribution is -2.26. The molecule has 0 atom stereocenters. The molecule has 0 spiro atoms. The number of thiazole rings is 1. The third-order valence-electron chi connectivity index (χ3n) is 4.18. The van der Waals surface area contributed by atoms with Crippen LogP contribution in [0.3, 0.4) is 0 Å². The summed E-state index contributed by atoms with van der Waals surface area (Å²) in [5, 5.41) is 8.86. The van der Waals surface area contributed by atoms with Crippen molar-refractivity contribution in [1.82, 2.24) is 14.3 Å². The number of aryl methyl sites for hydroxylation is 2. The first kappa shape index (κ1) is 19.6. The molecule has 146 valence electrons. The molecule has 8 nitrogen and oxygen atoms in total. The van der Waals surface area contributed by atoms with Crippen LogP contribution in [-0.2, 0) is 20.9 Å². The number of nitrogens with one attached hydrogen (secondary N) is 1. The molecule has 0 fully saturated rings. The van der Waals surface area contributed by atoms with Crippen molar-refractivity contribution in [3.63, 3.8) is 0 Å². The Kier molecular flexibility index (Phi) is 5.74. The van der Waals surface area contributed by atoms with Gasteiger partial charge in [-0.1, -0.05) is 29.5 Å². The van der Waals surface area contributed by atoms with Crippen molar-refractivity contribution in [3.8, 4) is 5.69 Å². The highest BCUT2D eigenvalue weighted by Gasteiger charge is 2.17. The monoisotopic (exact) mass is 400 g/mol. The highest BCUT2D eigenvalue weighted by Crippen LogP contribution is 2.22. The molecule has 0 aliphatic carbocycles. The van der Waals surface area contributed by atoms with Crippen LogP contribution in [0.2, 0.25) is 0 Å². The van der Waals surface area contributed by atoms with Gasteiger partial charge in [0.1, 0.15) is 6.54 Å². The number of ether oxygens (including phenoxy) is 1. The molecule has 0 unspecified atom stereocenters. The third-order valence-corrected chi connectivity index (χ3v) is 5.07. The Balaban J connectivity index is 1.62. The van der Waals surface area contributed by atoms with Crippen molar-refractivity contribution in [3.05, 3.63) is 62.5 Å². The van der Waals surface area contributed by atoms with E-state index in [-0.39, 0.29) is 11.4 Å². The summed E-state index contributed by atoms with van der Waals surface area (Å²) in [5.41, 5.74) is 3.56. The van der Waals surface area contributed by atoms with E-state index in [4.69, 9.17) is 4.74 Å². The Labute approximate surface area is 165 Å². The maximum absolute atomic E-state index is 12.2. The number of amides is 1. The number of esters is 1. The highest BCUT2D eigenvalue weighted by atomic mass is 32.1. The number of para-hydroxylation sites is 1. The van der Waals surface area contributed by atoms with Gasteiger partial charge in [-0.05, 0) is 32.9 Å². The maximum Gasteiger partial charge on any atom is 0.326 e. The Morgan fingerprint density at radius 1 is 1.18 bits per heavy atom. The van der Waals surface area contributed by atoms with Crippen molar-refractivity contribution in [1.29, 1.82) is 0 Å². The SMILES string of the molecule is Cc1nn(-c2ccccc2)c(C)c1NC(=O)COC(=O)Cn1c(C)csc1=O. The van der Waals surface area contributed by atoms with Gasteiger partial charge >= 0.3 is 10.8 Å². The predicted molar refractivity (Wildman–Crippen MR) is 106 cm³/mol. The first-order valence-corrected chi connectivity index (χ1v) is 9.47. The molecule has 2 heterocycles. The normalized spacial score (nSPS) is 10.7. The Bertz CT molecular complexity index is 1070. The topological polar surface area (TPSA) is 95.2 Å². The minimum Gasteiger partial charge on any atom is -0.454 e. The maximum atomic E-state index is 12.2. The summed E-state index contributed by atoms with van der Waals surface area (Å²) in [4.78, 5) is 35.5. The number of hydrogen-bond donors (Lipinski definition) is 1. The van der Waals surface area contributed by atoms with E-state index >= 15 is 0 Å². The molecule has 3 aromatic rings. The fourth-order valence-corrected chi connectivity index (χ4v) is 3.47. The summed E-state index contributed by atoms with van der Waals surface area (Å²) in [6.07, 6.45) is 0. The average Bonchev–Trinajstić information content (AvgIpc) is 3.14. The Hall–Kier alpha value is -3.20. The number of carbonyl (C=O) groups is 2. The summed E-state index contributed by atoms with van der Waals surface area (Å²) < 4.78 is 8.04. The van der Waals surface area contributed by atoms with Crippen LogP contribution in [0.4, 0.5) is 5.69 Å². The van der Waals surface area contributed by atoms with E-state index in [0.717, 1.165) is 22.7 Å². The fourth-order valence-electron chi connectivity index (χ4n) is 2.74. The zero-order valence-electron chi connectivity index (χ0n) is 15.8. The second-order valence-corrected chi connectivity index (χ2v) is 7.05. The molecular formula is C19H20N4O4S. The standard InChI is InChI=1S/C19H20N4O4S/c1-12-11-28-19(26)22(12)9-17(25)27-10-16(24)20-18-13(2)21-23(14(18)3)15-7-5-4-6-8-15/h4-8,11H,9-10H2,1-3H3,(H,20,24). The molecule has 0 bridgehead atoms. The van der Waals surface area contributed by atoms with Gasteiger partial charge in [0.2, 0.25) is 0 Å². The highest BCUT2D eigenvalue weighted by molar-refractivity contribution is 7.07. The van der Waals surface area contributed by atoms with Gasteiger partial charge in [0, 0.05) is 11.1 Å². The van der Waals surface area contributed by atoms with E-state index in [2.05, 4.69) is 10.4 Å². The molecule has 0 aliphatic rings. The molecule has 1 aromatic carbocycles. The van der Waals surface area contributed by atoms with Crippen LogP contribution in [0.1, 0.15) is 17.1 Å². The first-order chi connectivity index (χ1) is 13.4. The van der Waals surface area contributed by atoms with Gasteiger partial charge in [-0.15, -0.1) is 0 Å². The van der Waals surface area contributed by atoms with Gasteiger partial charge in [0.25, 0.3) is 5.91 Å². The number of anilines is 1.